The summed E-state index contributed by atoms with van der Waals surface area (Å²) in [6.45, 7) is 11.4. The average Bonchev–Trinajstić information content (AvgIpc) is 2.85. The maximum atomic E-state index is 6.25. The molecule has 0 spiro atoms. The molecule has 0 radical (unpaired) electrons. The van der Waals surface area contributed by atoms with Crippen molar-refractivity contribution in [2.24, 2.45) is 0 Å². The van der Waals surface area contributed by atoms with E-state index in [9.17, 15) is 0 Å². The van der Waals surface area contributed by atoms with E-state index in [1.807, 2.05) is 24.3 Å². The van der Waals surface area contributed by atoms with Gasteiger partial charge in [0.05, 0.1) is 25.4 Å². The lowest BCUT2D eigenvalue weighted by Gasteiger charge is -2.28. The maximum Gasteiger partial charge on any atom is 0.146 e. The standard InChI is InChI=1S/C29H48O4/c1-5-8-9-10-11-12-13-14-15-19-22-29(32-25-30-4)28(7-3)33-27(6-2)24-31-23-26-20-17-16-18-21-26/h6-7,16-18,20-21,27-29H,2-3,5,8-15,19,22-25H2,1,4H3/t27-,28-,29-/m1/s1. The highest BCUT2D eigenvalue weighted by Crippen LogP contribution is 2.18. The van der Waals surface area contributed by atoms with Gasteiger partial charge in [0, 0.05) is 7.11 Å². The molecule has 0 aliphatic rings. The first-order valence-corrected chi connectivity index (χ1v) is 12.9. The average molecular weight is 461 g/mol. The summed E-state index contributed by atoms with van der Waals surface area (Å²) < 4.78 is 23.2. The van der Waals surface area contributed by atoms with Crippen LogP contribution in [-0.4, -0.2) is 38.8 Å². The van der Waals surface area contributed by atoms with E-state index in [-0.39, 0.29) is 25.1 Å². The van der Waals surface area contributed by atoms with Gasteiger partial charge in [0.25, 0.3) is 0 Å². The van der Waals surface area contributed by atoms with Crippen molar-refractivity contribution < 1.29 is 18.9 Å². The molecule has 0 N–H and O–H groups in total. The highest BCUT2D eigenvalue weighted by atomic mass is 16.7. The molecule has 1 aromatic carbocycles. The first-order chi connectivity index (χ1) is 16.2. The Hall–Kier alpha value is -1.46. The smallest absolute Gasteiger partial charge is 0.146 e. The highest BCUT2D eigenvalue weighted by molar-refractivity contribution is 5.13. The molecule has 0 saturated carbocycles. The predicted octanol–water partition coefficient (Wildman–Crippen LogP) is 7.63. The number of methoxy groups -OCH3 is 1. The van der Waals surface area contributed by atoms with E-state index in [4.69, 9.17) is 18.9 Å². The molecule has 188 valence electrons. The van der Waals surface area contributed by atoms with Crippen molar-refractivity contribution in [1.29, 1.82) is 0 Å². The Balaban J connectivity index is 2.35. The molecule has 0 saturated heterocycles. The number of unbranched alkanes of at least 4 members (excludes halogenated alkanes) is 9. The van der Waals surface area contributed by atoms with Crippen molar-refractivity contribution in [2.45, 2.75) is 102 Å². The fraction of sp³-hybridized carbons (Fsp3) is 0.655. The Morgan fingerprint density at radius 1 is 0.848 bits per heavy atom. The second-order valence-corrected chi connectivity index (χ2v) is 8.69. The van der Waals surface area contributed by atoms with Gasteiger partial charge in [-0.05, 0) is 12.0 Å². The van der Waals surface area contributed by atoms with E-state index in [0.717, 1.165) is 18.4 Å². The van der Waals surface area contributed by atoms with Gasteiger partial charge in [-0.25, -0.2) is 0 Å². The second kappa shape index (κ2) is 21.1. The molecule has 0 unspecified atom stereocenters. The zero-order chi connectivity index (χ0) is 24.0. The SMILES string of the molecule is C=C[C@H](COCc1ccccc1)O[C@H](C=C)[C@@H](CCCCCCCCCCCC)OCOC. The Morgan fingerprint density at radius 2 is 1.48 bits per heavy atom. The van der Waals surface area contributed by atoms with E-state index >= 15 is 0 Å². The van der Waals surface area contributed by atoms with Gasteiger partial charge in [-0.2, -0.15) is 0 Å². The van der Waals surface area contributed by atoms with Crippen molar-refractivity contribution in [3.05, 3.63) is 61.2 Å². The molecule has 0 aliphatic carbocycles. The minimum absolute atomic E-state index is 0.0898. The number of hydrogen-bond donors (Lipinski definition) is 0. The molecule has 0 amide bonds. The van der Waals surface area contributed by atoms with Crippen LogP contribution in [0.4, 0.5) is 0 Å². The van der Waals surface area contributed by atoms with Gasteiger partial charge in [-0.1, -0.05) is 114 Å². The minimum atomic E-state index is -0.234. The molecule has 0 heterocycles. The topological polar surface area (TPSA) is 36.9 Å². The van der Waals surface area contributed by atoms with Crippen LogP contribution in [0, 0.1) is 0 Å². The summed E-state index contributed by atoms with van der Waals surface area (Å²) in [6, 6.07) is 10.1. The monoisotopic (exact) mass is 460 g/mol. The predicted molar refractivity (Wildman–Crippen MR) is 138 cm³/mol. The second-order valence-electron chi connectivity index (χ2n) is 8.69. The summed E-state index contributed by atoms with van der Waals surface area (Å²) in [4.78, 5) is 0. The Morgan fingerprint density at radius 3 is 2.06 bits per heavy atom. The van der Waals surface area contributed by atoms with Crippen LogP contribution in [0.3, 0.4) is 0 Å². The van der Waals surface area contributed by atoms with Crippen LogP contribution in [0.15, 0.2) is 55.6 Å². The van der Waals surface area contributed by atoms with Crippen molar-refractivity contribution in [3.8, 4) is 0 Å². The van der Waals surface area contributed by atoms with Gasteiger partial charge < -0.3 is 18.9 Å². The number of benzene rings is 1. The summed E-state index contributed by atoms with van der Waals surface area (Å²) >= 11 is 0. The molecular formula is C29H48O4. The summed E-state index contributed by atoms with van der Waals surface area (Å²) in [5.41, 5.74) is 1.14. The third-order valence-electron chi connectivity index (χ3n) is 5.83. The summed E-state index contributed by atoms with van der Waals surface area (Å²) in [5.74, 6) is 0. The van der Waals surface area contributed by atoms with Crippen LogP contribution >= 0.6 is 0 Å². The maximum absolute atomic E-state index is 6.25. The van der Waals surface area contributed by atoms with E-state index < -0.39 is 0 Å². The van der Waals surface area contributed by atoms with Crippen LogP contribution in [0.1, 0.15) is 83.1 Å². The lowest BCUT2D eigenvalue weighted by molar-refractivity contribution is -0.133. The van der Waals surface area contributed by atoms with Crippen LogP contribution < -0.4 is 0 Å². The quantitative estimate of drug-likeness (QED) is 0.0955. The van der Waals surface area contributed by atoms with Crippen molar-refractivity contribution in [2.75, 3.05) is 20.5 Å². The van der Waals surface area contributed by atoms with E-state index in [1.165, 1.54) is 57.8 Å². The summed E-state index contributed by atoms with van der Waals surface area (Å²) in [6.07, 6.45) is 17.1. The van der Waals surface area contributed by atoms with Gasteiger partial charge in [0.2, 0.25) is 0 Å². The molecule has 1 aromatic rings. The van der Waals surface area contributed by atoms with Gasteiger partial charge in [0.15, 0.2) is 0 Å². The lowest BCUT2D eigenvalue weighted by Crippen LogP contribution is -2.35. The minimum Gasteiger partial charge on any atom is -0.374 e. The van der Waals surface area contributed by atoms with Crippen molar-refractivity contribution >= 4 is 0 Å². The van der Waals surface area contributed by atoms with Crippen LogP contribution in [-0.2, 0) is 25.6 Å². The lowest BCUT2D eigenvalue weighted by atomic mass is 10.0. The molecule has 4 heteroatoms. The van der Waals surface area contributed by atoms with Crippen LogP contribution in [0.2, 0.25) is 0 Å². The molecule has 0 aromatic heterocycles. The van der Waals surface area contributed by atoms with E-state index in [1.54, 1.807) is 13.2 Å². The van der Waals surface area contributed by atoms with Gasteiger partial charge >= 0.3 is 0 Å². The van der Waals surface area contributed by atoms with E-state index in [2.05, 4.69) is 32.2 Å². The van der Waals surface area contributed by atoms with Gasteiger partial charge in [-0.15, -0.1) is 13.2 Å². The van der Waals surface area contributed by atoms with Gasteiger partial charge in [-0.3, -0.25) is 0 Å². The molecule has 3 atom stereocenters. The largest absolute Gasteiger partial charge is 0.374 e. The molecule has 33 heavy (non-hydrogen) atoms. The highest BCUT2D eigenvalue weighted by Gasteiger charge is 2.23. The number of ether oxygens (including phenoxy) is 4. The fourth-order valence-electron chi connectivity index (χ4n) is 3.86. The molecule has 0 fully saturated rings. The first kappa shape index (κ1) is 29.6. The molecular weight excluding hydrogens is 412 g/mol. The fourth-order valence-corrected chi connectivity index (χ4v) is 3.86. The molecule has 0 aliphatic heterocycles. The first-order valence-electron chi connectivity index (χ1n) is 12.9. The number of hydrogen-bond acceptors (Lipinski definition) is 4. The zero-order valence-corrected chi connectivity index (χ0v) is 21.2. The van der Waals surface area contributed by atoms with E-state index in [0.29, 0.717) is 13.2 Å². The van der Waals surface area contributed by atoms with Gasteiger partial charge in [0.1, 0.15) is 12.9 Å². The Labute approximate surface area is 203 Å². The normalized spacial score (nSPS) is 14.0. The van der Waals surface area contributed by atoms with Crippen LogP contribution in [0.5, 0.6) is 0 Å². The Bertz CT molecular complexity index is 574. The number of rotatable bonds is 23. The van der Waals surface area contributed by atoms with Crippen molar-refractivity contribution in [3.63, 3.8) is 0 Å². The van der Waals surface area contributed by atoms with Crippen molar-refractivity contribution in [1.82, 2.24) is 0 Å². The summed E-state index contributed by atoms with van der Waals surface area (Å²) in [5, 5.41) is 0. The Kier molecular flexibility index (Phi) is 18.9. The molecule has 0 bridgehead atoms. The zero-order valence-electron chi connectivity index (χ0n) is 21.2. The van der Waals surface area contributed by atoms with Crippen LogP contribution in [0.25, 0.3) is 0 Å². The molecule has 1 rings (SSSR count). The third-order valence-corrected chi connectivity index (χ3v) is 5.83. The molecule has 4 nitrogen and oxygen atoms in total. The summed E-state index contributed by atoms with van der Waals surface area (Å²) in [7, 11) is 1.64. The third kappa shape index (κ3) is 15.1.